The number of para-hydroxylation sites is 1. The van der Waals surface area contributed by atoms with Gasteiger partial charge in [0.05, 0.1) is 30.6 Å². The van der Waals surface area contributed by atoms with Crippen LogP contribution in [0, 0.1) is 0 Å². The van der Waals surface area contributed by atoms with Crippen molar-refractivity contribution in [3.8, 4) is 11.1 Å². The molecule has 0 bridgehead atoms. The molecule has 1 aliphatic heterocycles. The number of β-amino-alcohol motifs (C(OH)–C–C–N with tert-alkyl or cyclic N) is 1. The number of nitrogens with zero attached hydrogens (tertiary/aromatic N) is 1. The summed E-state index contributed by atoms with van der Waals surface area (Å²) in [7, 11) is 1.56. The predicted octanol–water partition coefficient (Wildman–Crippen LogP) is 3.85. The molecule has 0 unspecified atom stereocenters. The summed E-state index contributed by atoms with van der Waals surface area (Å²) in [5.74, 6) is 0.150. The van der Waals surface area contributed by atoms with Crippen molar-refractivity contribution in [2.24, 2.45) is 0 Å². The summed E-state index contributed by atoms with van der Waals surface area (Å²) in [4.78, 5) is 42.7. The first-order valence-corrected chi connectivity index (χ1v) is 17.1. The molecule has 3 aromatic carbocycles. The molecule has 1 aliphatic rings. The smallest absolute Gasteiger partial charge is 0.318 e. The van der Waals surface area contributed by atoms with E-state index in [9.17, 15) is 19.5 Å². The van der Waals surface area contributed by atoms with Crippen LogP contribution in [0.2, 0.25) is 0 Å². The number of carbonyl (C=O) groups is 3. The molecule has 0 aliphatic carbocycles. The van der Waals surface area contributed by atoms with Gasteiger partial charge in [-0.15, -0.1) is 23.5 Å². The number of carbonyl (C=O) groups excluding carboxylic acids is 3. The van der Waals surface area contributed by atoms with E-state index in [1.165, 1.54) is 11.8 Å². The molecule has 2 atom stereocenters. The molecule has 0 saturated heterocycles. The third-order valence-corrected chi connectivity index (χ3v) is 9.32. The van der Waals surface area contributed by atoms with E-state index in [-0.39, 0.29) is 31.6 Å². The van der Waals surface area contributed by atoms with Crippen LogP contribution in [0.3, 0.4) is 0 Å². The van der Waals surface area contributed by atoms with E-state index in [2.05, 4.69) is 32.7 Å². The topological polar surface area (TPSA) is 155 Å². The van der Waals surface area contributed by atoms with Crippen molar-refractivity contribution >= 4 is 52.9 Å². The Labute approximate surface area is 278 Å². The van der Waals surface area contributed by atoms with Crippen molar-refractivity contribution in [2.45, 2.75) is 47.9 Å². The van der Waals surface area contributed by atoms with Crippen LogP contribution in [0.4, 0.5) is 21.0 Å². The zero-order valence-electron chi connectivity index (χ0n) is 26.4. The van der Waals surface area contributed by atoms with Crippen LogP contribution in [0.5, 0.6) is 0 Å². The highest BCUT2D eigenvalue weighted by atomic mass is 32.2. The van der Waals surface area contributed by atoms with Gasteiger partial charge in [0.25, 0.3) is 5.91 Å². The van der Waals surface area contributed by atoms with Crippen molar-refractivity contribution in [1.29, 1.82) is 0 Å². The number of hydrogen-bond donors (Lipinski definition) is 7. The Morgan fingerprint density at radius 1 is 1.09 bits per heavy atom. The summed E-state index contributed by atoms with van der Waals surface area (Å²) < 4.78 is 0. The minimum Gasteiger partial charge on any atom is -0.394 e. The van der Waals surface area contributed by atoms with E-state index < -0.39 is 23.7 Å². The van der Waals surface area contributed by atoms with Crippen LogP contribution in [0.1, 0.15) is 19.4 Å². The fraction of sp³-hybridized carbons (Fsp3) is 0.364. The minimum atomic E-state index is -0.897. The molecule has 13 heteroatoms. The van der Waals surface area contributed by atoms with Gasteiger partial charge in [-0.25, -0.2) is 9.59 Å². The van der Waals surface area contributed by atoms with Crippen LogP contribution in [0.25, 0.3) is 11.1 Å². The lowest BCUT2D eigenvalue weighted by molar-refractivity contribution is -0.120. The van der Waals surface area contributed by atoms with E-state index >= 15 is 0 Å². The van der Waals surface area contributed by atoms with Gasteiger partial charge < -0.3 is 41.7 Å². The Hall–Kier alpha value is -3.75. The molecule has 3 aromatic rings. The molecule has 1 heterocycles. The van der Waals surface area contributed by atoms with Gasteiger partial charge in [-0.3, -0.25) is 4.79 Å². The fourth-order valence-corrected chi connectivity index (χ4v) is 6.43. The molecule has 0 fully saturated rings. The highest BCUT2D eigenvalue weighted by Crippen LogP contribution is 2.38. The van der Waals surface area contributed by atoms with Crippen molar-refractivity contribution < 1.29 is 24.6 Å². The van der Waals surface area contributed by atoms with Gasteiger partial charge in [-0.1, -0.05) is 42.5 Å². The summed E-state index contributed by atoms with van der Waals surface area (Å²) in [5, 5.41) is 33.0. The first-order chi connectivity index (χ1) is 22.0. The SMILES string of the molecule is CNC(=O)Nc1ccccc1-c1ccc(CN2C(=O)[C@H](NC(=O)NCC(C)(C)NC[C@H](O)CO)CSc3cc(SC)ccc32)cc1. The highest BCUT2D eigenvalue weighted by Gasteiger charge is 2.32. The van der Waals surface area contributed by atoms with Crippen LogP contribution < -0.4 is 31.5 Å². The number of aliphatic hydroxyl groups excluding tert-OH is 2. The van der Waals surface area contributed by atoms with Gasteiger partial charge in [-0.05, 0) is 55.5 Å². The number of thioether (sulfide) groups is 2. The quantitative estimate of drug-likeness (QED) is 0.144. The lowest BCUT2D eigenvalue weighted by atomic mass is 10.0. The Morgan fingerprint density at radius 2 is 1.83 bits per heavy atom. The Balaban J connectivity index is 1.51. The number of hydrogen-bond acceptors (Lipinski definition) is 8. The molecule has 0 aromatic heterocycles. The first kappa shape index (κ1) is 35.1. The molecule has 246 valence electrons. The summed E-state index contributed by atoms with van der Waals surface area (Å²) >= 11 is 3.16. The van der Waals surface area contributed by atoms with Crippen molar-refractivity contribution in [2.75, 3.05) is 49.0 Å². The fourth-order valence-electron chi connectivity index (χ4n) is 4.81. The average Bonchev–Trinajstić information content (AvgIpc) is 3.18. The Kier molecular flexibility index (Phi) is 12.4. The number of fused-ring (bicyclic) bond motifs is 1. The van der Waals surface area contributed by atoms with Crippen molar-refractivity contribution in [1.82, 2.24) is 21.3 Å². The summed E-state index contributed by atoms with van der Waals surface area (Å²) in [6.07, 6.45) is 1.11. The second-order valence-electron chi connectivity index (χ2n) is 11.5. The van der Waals surface area contributed by atoms with Gasteiger partial charge in [-0.2, -0.15) is 0 Å². The predicted molar refractivity (Wildman–Crippen MR) is 186 cm³/mol. The summed E-state index contributed by atoms with van der Waals surface area (Å²) in [6.45, 7) is 4.09. The van der Waals surface area contributed by atoms with Gasteiger partial charge in [0.2, 0.25) is 0 Å². The maximum atomic E-state index is 14.0. The molecule has 0 spiro atoms. The molecular formula is C33H42N6O5S2. The van der Waals surface area contributed by atoms with Crippen LogP contribution in [-0.2, 0) is 11.3 Å². The van der Waals surface area contributed by atoms with Gasteiger partial charge in [0.1, 0.15) is 6.04 Å². The average molecular weight is 667 g/mol. The summed E-state index contributed by atoms with van der Waals surface area (Å²) in [6, 6.07) is 19.9. The van der Waals surface area contributed by atoms with Gasteiger partial charge >= 0.3 is 12.1 Å². The zero-order chi connectivity index (χ0) is 33.3. The molecule has 11 nitrogen and oxygen atoms in total. The molecule has 0 saturated carbocycles. The number of amides is 5. The van der Waals surface area contributed by atoms with E-state index in [0.717, 1.165) is 32.2 Å². The number of aliphatic hydroxyl groups is 2. The van der Waals surface area contributed by atoms with E-state index in [0.29, 0.717) is 18.0 Å². The van der Waals surface area contributed by atoms with Crippen molar-refractivity contribution in [3.05, 3.63) is 72.3 Å². The molecule has 5 amide bonds. The van der Waals surface area contributed by atoms with E-state index in [1.54, 1.807) is 23.7 Å². The third-order valence-electron chi connectivity index (χ3n) is 7.46. The maximum absolute atomic E-state index is 14.0. The van der Waals surface area contributed by atoms with Crippen molar-refractivity contribution in [3.63, 3.8) is 0 Å². The standard InChI is InChI=1S/C33H42N6O5S2/c1-33(2,36-16-23(41)18-40)20-35-32(44)38-27-19-46-29-15-24(45-4)13-14-28(29)39(30(27)42)17-21-9-11-22(12-10-21)25-7-5-6-8-26(25)37-31(43)34-3/h5-15,23,27,36,40-41H,16-20H2,1-4H3,(H2,34,37,43)(H2,35,38,44)/t23-,27+/m0/s1. The molecule has 46 heavy (non-hydrogen) atoms. The van der Waals surface area contributed by atoms with E-state index in [1.807, 2.05) is 80.8 Å². The molecule has 0 radical (unpaired) electrons. The number of rotatable bonds is 12. The third kappa shape index (κ3) is 9.39. The van der Waals surface area contributed by atoms with Gasteiger partial charge in [0, 0.05) is 46.8 Å². The monoisotopic (exact) mass is 666 g/mol. The number of nitrogens with one attached hydrogen (secondary N) is 5. The minimum absolute atomic E-state index is 0.177. The number of benzene rings is 3. The molecular weight excluding hydrogens is 625 g/mol. The van der Waals surface area contributed by atoms with Gasteiger partial charge in [0.15, 0.2) is 0 Å². The van der Waals surface area contributed by atoms with Crippen LogP contribution >= 0.6 is 23.5 Å². The lowest BCUT2D eigenvalue weighted by Crippen LogP contribution is -2.56. The number of anilines is 2. The molecule has 7 N–H and O–H groups in total. The van der Waals surface area contributed by atoms with E-state index in [4.69, 9.17) is 5.11 Å². The highest BCUT2D eigenvalue weighted by molar-refractivity contribution is 8.00. The zero-order valence-corrected chi connectivity index (χ0v) is 28.1. The Morgan fingerprint density at radius 3 is 2.52 bits per heavy atom. The Bertz CT molecular complexity index is 1520. The molecule has 4 rings (SSSR count). The van der Waals surface area contributed by atoms with Crippen LogP contribution in [0.15, 0.2) is 76.5 Å². The summed E-state index contributed by atoms with van der Waals surface area (Å²) in [5.41, 5.74) is 3.60. The second-order valence-corrected chi connectivity index (χ2v) is 13.4. The normalized spacial score (nSPS) is 15.4. The second kappa shape index (κ2) is 16.2. The number of urea groups is 2. The maximum Gasteiger partial charge on any atom is 0.318 e. The van der Waals surface area contributed by atoms with Crippen LogP contribution in [-0.4, -0.2) is 84.6 Å². The lowest BCUT2D eigenvalue weighted by Gasteiger charge is -2.29. The first-order valence-electron chi connectivity index (χ1n) is 14.9. The largest absolute Gasteiger partial charge is 0.394 e.